The number of aromatic hydroxyl groups is 2. The summed E-state index contributed by atoms with van der Waals surface area (Å²) in [5.74, 6) is -0.346. The van der Waals surface area contributed by atoms with Gasteiger partial charge >= 0.3 is 0 Å². The van der Waals surface area contributed by atoms with Crippen molar-refractivity contribution < 1.29 is 10.2 Å². The molecule has 2 rings (SSSR count). The van der Waals surface area contributed by atoms with E-state index >= 15 is 0 Å². The van der Waals surface area contributed by atoms with Crippen molar-refractivity contribution in [2.45, 2.75) is 0 Å². The Balaban J connectivity index is 2.91. The van der Waals surface area contributed by atoms with Gasteiger partial charge in [-0.2, -0.15) is 4.98 Å². The van der Waals surface area contributed by atoms with Crippen molar-refractivity contribution in [3.8, 4) is 11.8 Å². The van der Waals surface area contributed by atoms with Crippen molar-refractivity contribution >= 4 is 5.52 Å². The fourth-order valence-corrected chi connectivity index (χ4v) is 1.01. The molecular weight excluding hydrogens is 144 g/mol. The van der Waals surface area contributed by atoms with Gasteiger partial charge in [0, 0.05) is 6.20 Å². The Morgan fingerprint density at radius 3 is 3.00 bits per heavy atom. The number of hydrogen-bond donors (Lipinski definition) is 2. The Morgan fingerprint density at radius 2 is 2.18 bits per heavy atom. The lowest BCUT2D eigenvalue weighted by Gasteiger charge is -1.97. The molecule has 56 valence electrons. The topological polar surface area (TPSA) is 57.8 Å². The van der Waals surface area contributed by atoms with Crippen LogP contribution in [-0.2, 0) is 0 Å². The van der Waals surface area contributed by atoms with Gasteiger partial charge in [0.15, 0.2) is 0 Å². The largest absolute Gasteiger partial charge is 0.492 e. The molecule has 0 amide bonds. The highest BCUT2D eigenvalue weighted by atomic mass is 16.3. The zero-order chi connectivity index (χ0) is 7.84. The van der Waals surface area contributed by atoms with Gasteiger partial charge in [-0.05, 0) is 12.1 Å². The van der Waals surface area contributed by atoms with E-state index in [1.54, 1.807) is 22.7 Å². The lowest BCUT2D eigenvalue weighted by molar-refractivity contribution is 0.412. The van der Waals surface area contributed by atoms with Crippen LogP contribution in [0.3, 0.4) is 0 Å². The highest BCUT2D eigenvalue weighted by molar-refractivity contribution is 5.56. The van der Waals surface area contributed by atoms with E-state index in [1.807, 2.05) is 0 Å². The first kappa shape index (κ1) is 6.03. The monoisotopic (exact) mass is 150 g/mol. The fraction of sp³-hybridized carbons (Fsp3) is 0. The standard InChI is InChI=1S/C7H6N2O2/c10-6-4-9-3-1-2-5(9)7(11)8-6/h1-4,10H,(H,8,11). The van der Waals surface area contributed by atoms with Crippen LogP contribution in [0.25, 0.3) is 5.52 Å². The summed E-state index contributed by atoms with van der Waals surface area (Å²) in [4.78, 5) is 3.46. The molecule has 0 atom stereocenters. The highest BCUT2D eigenvalue weighted by Gasteiger charge is 2.01. The van der Waals surface area contributed by atoms with E-state index < -0.39 is 0 Å². The van der Waals surface area contributed by atoms with Crippen LogP contribution >= 0.6 is 0 Å². The third-order valence-electron chi connectivity index (χ3n) is 1.48. The van der Waals surface area contributed by atoms with Crippen molar-refractivity contribution in [1.29, 1.82) is 0 Å². The molecule has 0 aliphatic carbocycles. The van der Waals surface area contributed by atoms with E-state index in [2.05, 4.69) is 4.98 Å². The van der Waals surface area contributed by atoms with E-state index in [9.17, 15) is 0 Å². The molecule has 11 heavy (non-hydrogen) atoms. The van der Waals surface area contributed by atoms with Crippen molar-refractivity contribution in [3.05, 3.63) is 24.5 Å². The second-order valence-electron chi connectivity index (χ2n) is 2.22. The Hall–Kier alpha value is -1.71. The molecule has 0 unspecified atom stereocenters. The zero-order valence-corrected chi connectivity index (χ0v) is 5.60. The molecular formula is C7H6N2O2. The van der Waals surface area contributed by atoms with Gasteiger partial charge in [-0.3, -0.25) is 0 Å². The number of fused-ring (bicyclic) bond motifs is 1. The predicted molar refractivity (Wildman–Crippen MR) is 38.5 cm³/mol. The first-order valence-corrected chi connectivity index (χ1v) is 3.13. The van der Waals surface area contributed by atoms with Crippen LogP contribution < -0.4 is 0 Å². The second-order valence-corrected chi connectivity index (χ2v) is 2.22. The fourth-order valence-electron chi connectivity index (χ4n) is 1.01. The number of rotatable bonds is 0. The summed E-state index contributed by atoms with van der Waals surface area (Å²) >= 11 is 0. The van der Waals surface area contributed by atoms with E-state index in [0.29, 0.717) is 5.52 Å². The molecule has 0 saturated heterocycles. The third-order valence-corrected chi connectivity index (χ3v) is 1.48. The Morgan fingerprint density at radius 1 is 1.36 bits per heavy atom. The first-order valence-electron chi connectivity index (χ1n) is 3.13. The van der Waals surface area contributed by atoms with Crippen molar-refractivity contribution in [2.75, 3.05) is 0 Å². The molecule has 0 saturated carbocycles. The van der Waals surface area contributed by atoms with E-state index in [1.165, 1.54) is 6.20 Å². The molecule has 0 bridgehead atoms. The summed E-state index contributed by atoms with van der Waals surface area (Å²) < 4.78 is 1.59. The van der Waals surface area contributed by atoms with Crippen LogP contribution in [0.1, 0.15) is 0 Å². The van der Waals surface area contributed by atoms with E-state index in [-0.39, 0.29) is 11.8 Å². The van der Waals surface area contributed by atoms with Crippen LogP contribution in [-0.4, -0.2) is 19.6 Å². The lowest BCUT2D eigenvalue weighted by atomic mass is 10.5. The lowest BCUT2D eigenvalue weighted by Crippen LogP contribution is -1.84. The van der Waals surface area contributed by atoms with Gasteiger partial charge in [0.05, 0.1) is 6.20 Å². The maximum absolute atomic E-state index is 9.15. The molecule has 4 nitrogen and oxygen atoms in total. The van der Waals surface area contributed by atoms with Crippen LogP contribution in [0.5, 0.6) is 11.8 Å². The summed E-state index contributed by atoms with van der Waals surface area (Å²) in [6, 6.07) is 3.47. The van der Waals surface area contributed by atoms with Gasteiger partial charge in [-0.1, -0.05) is 0 Å². The van der Waals surface area contributed by atoms with E-state index in [4.69, 9.17) is 10.2 Å². The predicted octanol–water partition coefficient (Wildman–Crippen LogP) is 0.745. The van der Waals surface area contributed by atoms with Gasteiger partial charge in [0.2, 0.25) is 11.8 Å². The number of aromatic nitrogens is 2. The maximum atomic E-state index is 9.15. The molecule has 0 aliphatic rings. The van der Waals surface area contributed by atoms with Crippen LogP contribution in [0, 0.1) is 0 Å². The highest BCUT2D eigenvalue weighted by Crippen LogP contribution is 2.18. The molecule has 0 spiro atoms. The molecule has 2 aromatic rings. The minimum atomic E-state index is -0.189. The molecule has 2 heterocycles. The zero-order valence-electron chi connectivity index (χ0n) is 5.60. The third kappa shape index (κ3) is 0.797. The molecule has 0 radical (unpaired) electrons. The quantitative estimate of drug-likeness (QED) is 0.582. The summed E-state index contributed by atoms with van der Waals surface area (Å²) in [5, 5.41) is 18.1. The molecule has 0 fully saturated rings. The normalized spacial score (nSPS) is 10.5. The van der Waals surface area contributed by atoms with E-state index in [0.717, 1.165) is 0 Å². The maximum Gasteiger partial charge on any atom is 0.239 e. The van der Waals surface area contributed by atoms with Crippen molar-refractivity contribution in [1.82, 2.24) is 9.38 Å². The average molecular weight is 150 g/mol. The SMILES string of the molecule is Oc1cn2cccc2c(O)n1. The summed E-state index contributed by atoms with van der Waals surface area (Å²) in [6.07, 6.45) is 3.14. The molecule has 4 heteroatoms. The Kier molecular flexibility index (Phi) is 1.03. The van der Waals surface area contributed by atoms with Crippen LogP contribution in [0.15, 0.2) is 24.5 Å². The Bertz CT molecular complexity index is 394. The van der Waals surface area contributed by atoms with Crippen LogP contribution in [0.4, 0.5) is 0 Å². The molecule has 0 aliphatic heterocycles. The average Bonchev–Trinajstić information content (AvgIpc) is 2.34. The van der Waals surface area contributed by atoms with Gasteiger partial charge in [0.1, 0.15) is 5.52 Å². The van der Waals surface area contributed by atoms with Crippen molar-refractivity contribution in [3.63, 3.8) is 0 Å². The van der Waals surface area contributed by atoms with Crippen LogP contribution in [0.2, 0.25) is 0 Å². The summed E-state index contributed by atoms with van der Waals surface area (Å²) in [7, 11) is 0. The van der Waals surface area contributed by atoms with Gasteiger partial charge in [0.25, 0.3) is 0 Å². The molecule has 2 aromatic heterocycles. The van der Waals surface area contributed by atoms with Crippen molar-refractivity contribution in [2.24, 2.45) is 0 Å². The first-order chi connectivity index (χ1) is 5.27. The summed E-state index contributed by atoms with van der Waals surface area (Å²) in [6.45, 7) is 0. The number of nitrogens with zero attached hydrogens (tertiary/aromatic N) is 2. The summed E-state index contributed by atoms with van der Waals surface area (Å²) in [5.41, 5.74) is 0.586. The Labute approximate surface area is 62.4 Å². The smallest absolute Gasteiger partial charge is 0.239 e. The molecule has 2 N–H and O–H groups in total. The van der Waals surface area contributed by atoms with Gasteiger partial charge in [-0.25, -0.2) is 0 Å². The number of hydrogen-bond acceptors (Lipinski definition) is 3. The molecule has 0 aromatic carbocycles. The second kappa shape index (κ2) is 1.88. The van der Waals surface area contributed by atoms with Gasteiger partial charge < -0.3 is 14.6 Å². The van der Waals surface area contributed by atoms with Gasteiger partial charge in [-0.15, -0.1) is 0 Å². The minimum absolute atomic E-state index is 0.157. The minimum Gasteiger partial charge on any atom is -0.492 e.